The number of ether oxygens (including phenoxy) is 1. The molecule has 3 rings (SSSR count). The van der Waals surface area contributed by atoms with Gasteiger partial charge in [0.1, 0.15) is 5.75 Å². The van der Waals surface area contributed by atoms with E-state index in [1.807, 2.05) is 36.4 Å². The summed E-state index contributed by atoms with van der Waals surface area (Å²) in [4.78, 5) is 16.2. The van der Waals surface area contributed by atoms with Gasteiger partial charge in [-0.15, -0.1) is 24.0 Å². The maximum atomic E-state index is 11.9. The molecule has 0 fully saturated rings. The van der Waals surface area contributed by atoms with E-state index in [1.54, 1.807) is 14.2 Å². The minimum absolute atomic E-state index is 0. The molecule has 0 aromatic heterocycles. The number of benzene rings is 2. The average Bonchev–Trinajstić information content (AvgIpc) is 2.70. The van der Waals surface area contributed by atoms with Crippen LogP contribution >= 0.6 is 24.0 Å². The molecule has 6 nitrogen and oxygen atoms in total. The Labute approximate surface area is 183 Å². The number of hydrogen-bond acceptors (Lipinski definition) is 3. The Morgan fingerprint density at radius 1 is 1.21 bits per heavy atom. The van der Waals surface area contributed by atoms with Crippen molar-refractivity contribution in [1.82, 2.24) is 10.6 Å². The fraction of sp³-hybridized carbons (Fsp3) is 0.333. The van der Waals surface area contributed by atoms with Gasteiger partial charge in [0, 0.05) is 38.2 Å². The number of para-hydroxylation sites is 1. The summed E-state index contributed by atoms with van der Waals surface area (Å²) in [6.45, 7) is 1.41. The highest BCUT2D eigenvalue weighted by atomic mass is 127. The normalized spacial score (nSPS) is 15.7. The smallest absolute Gasteiger partial charge is 0.225 e. The zero-order valence-electron chi connectivity index (χ0n) is 16.2. The summed E-state index contributed by atoms with van der Waals surface area (Å²) in [6, 6.07) is 16.0. The molecule has 3 N–H and O–H groups in total. The lowest BCUT2D eigenvalue weighted by molar-refractivity contribution is -0.116. The molecule has 1 atom stereocenters. The average molecular weight is 494 g/mol. The second-order valence-electron chi connectivity index (χ2n) is 6.52. The lowest BCUT2D eigenvalue weighted by Gasteiger charge is -2.26. The molecule has 1 aliphatic rings. The van der Waals surface area contributed by atoms with Crippen LogP contribution in [0.5, 0.6) is 5.75 Å². The lowest BCUT2D eigenvalue weighted by Crippen LogP contribution is -2.41. The number of hydrogen-bond donors (Lipinski definition) is 3. The maximum absolute atomic E-state index is 11.9. The molecule has 0 bridgehead atoms. The number of nitrogens with one attached hydrogen (secondary N) is 3. The molecule has 7 heteroatoms. The number of guanidine groups is 1. The van der Waals surface area contributed by atoms with Crippen molar-refractivity contribution in [3.63, 3.8) is 0 Å². The molecule has 150 valence electrons. The number of carbonyl (C=O) groups excluding carboxylic acids is 1. The number of carbonyl (C=O) groups is 1. The van der Waals surface area contributed by atoms with E-state index in [0.29, 0.717) is 13.0 Å². The third-order valence-corrected chi connectivity index (χ3v) is 4.69. The van der Waals surface area contributed by atoms with Gasteiger partial charge in [0.2, 0.25) is 5.91 Å². The first-order valence-corrected chi connectivity index (χ1v) is 9.16. The maximum Gasteiger partial charge on any atom is 0.225 e. The molecule has 0 radical (unpaired) electrons. The highest BCUT2D eigenvalue weighted by molar-refractivity contribution is 14.0. The zero-order valence-corrected chi connectivity index (χ0v) is 18.5. The summed E-state index contributed by atoms with van der Waals surface area (Å²) in [5.74, 6) is 1.79. The molecule has 0 saturated carbocycles. The van der Waals surface area contributed by atoms with Crippen molar-refractivity contribution in [3.05, 3.63) is 59.7 Å². The summed E-state index contributed by atoms with van der Waals surface area (Å²) in [5.41, 5.74) is 3.27. The van der Waals surface area contributed by atoms with Gasteiger partial charge >= 0.3 is 0 Å². The SMILES string of the molecule is CN=C(NCCc1cccc(OC)c1)NCC1CC(=O)Nc2ccccc21.I. The van der Waals surface area contributed by atoms with Crippen molar-refractivity contribution in [2.75, 3.05) is 32.6 Å². The van der Waals surface area contributed by atoms with Crippen molar-refractivity contribution in [3.8, 4) is 5.75 Å². The van der Waals surface area contributed by atoms with Crippen LogP contribution in [0.25, 0.3) is 0 Å². The third-order valence-electron chi connectivity index (χ3n) is 4.69. The van der Waals surface area contributed by atoms with Gasteiger partial charge in [-0.05, 0) is 35.7 Å². The Kier molecular flexibility index (Phi) is 8.56. The third kappa shape index (κ3) is 5.85. The van der Waals surface area contributed by atoms with Gasteiger partial charge in [0.25, 0.3) is 0 Å². The highest BCUT2D eigenvalue weighted by Crippen LogP contribution is 2.31. The van der Waals surface area contributed by atoms with Crippen molar-refractivity contribution < 1.29 is 9.53 Å². The number of amides is 1. The predicted molar refractivity (Wildman–Crippen MR) is 124 cm³/mol. The van der Waals surface area contributed by atoms with Crippen molar-refractivity contribution >= 4 is 41.5 Å². The molecule has 1 amide bonds. The Morgan fingerprint density at radius 2 is 2.04 bits per heavy atom. The molecule has 1 heterocycles. The first-order chi connectivity index (χ1) is 13.2. The first-order valence-electron chi connectivity index (χ1n) is 9.16. The van der Waals surface area contributed by atoms with Gasteiger partial charge in [0.15, 0.2) is 5.96 Å². The van der Waals surface area contributed by atoms with Crippen LogP contribution in [0.4, 0.5) is 5.69 Å². The van der Waals surface area contributed by atoms with Gasteiger partial charge in [-0.2, -0.15) is 0 Å². The van der Waals surface area contributed by atoms with Crippen molar-refractivity contribution in [2.45, 2.75) is 18.8 Å². The second kappa shape index (κ2) is 10.9. The Hall–Kier alpha value is -2.29. The molecule has 0 saturated heterocycles. The second-order valence-corrected chi connectivity index (χ2v) is 6.52. The molecule has 1 aliphatic heterocycles. The molecular formula is C21H27IN4O2. The molecule has 0 spiro atoms. The predicted octanol–water partition coefficient (Wildman–Crippen LogP) is 3.15. The molecule has 1 unspecified atom stereocenters. The molecule has 28 heavy (non-hydrogen) atoms. The Balaban J connectivity index is 0.00000280. The van der Waals surface area contributed by atoms with Crippen LogP contribution in [0, 0.1) is 0 Å². The van der Waals surface area contributed by atoms with E-state index >= 15 is 0 Å². The van der Waals surface area contributed by atoms with E-state index < -0.39 is 0 Å². The molecular weight excluding hydrogens is 467 g/mol. The first kappa shape index (κ1) is 22.0. The number of aliphatic imine (C=N–C) groups is 1. The van der Waals surface area contributed by atoms with Gasteiger partial charge in [-0.1, -0.05) is 30.3 Å². The standard InChI is InChI=1S/C21H26N4O2.HI/c1-22-21(23-11-10-15-6-5-7-17(12-15)27-2)24-14-16-13-20(26)25-19-9-4-3-8-18(16)19;/h3-9,12,16H,10-11,13-14H2,1-2H3,(H,25,26)(H2,22,23,24);1H. The van der Waals surface area contributed by atoms with Crippen molar-refractivity contribution in [2.24, 2.45) is 4.99 Å². The van der Waals surface area contributed by atoms with Gasteiger partial charge in [0.05, 0.1) is 7.11 Å². The van der Waals surface area contributed by atoms with Gasteiger partial charge in [-0.3, -0.25) is 9.79 Å². The Bertz CT molecular complexity index is 826. The summed E-state index contributed by atoms with van der Waals surface area (Å²) < 4.78 is 5.26. The number of methoxy groups -OCH3 is 1. The monoisotopic (exact) mass is 494 g/mol. The zero-order chi connectivity index (χ0) is 19.1. The van der Waals surface area contributed by atoms with E-state index in [-0.39, 0.29) is 35.8 Å². The van der Waals surface area contributed by atoms with Crippen LogP contribution in [-0.4, -0.2) is 39.1 Å². The number of fused-ring (bicyclic) bond motifs is 1. The summed E-state index contributed by atoms with van der Waals surface area (Å²) in [6.07, 6.45) is 1.34. The Morgan fingerprint density at radius 3 is 2.82 bits per heavy atom. The molecule has 0 aliphatic carbocycles. The van der Waals surface area contributed by atoms with Crippen LogP contribution in [0.3, 0.4) is 0 Å². The quantitative estimate of drug-likeness (QED) is 0.328. The van der Waals surface area contributed by atoms with Crippen LogP contribution in [0.15, 0.2) is 53.5 Å². The highest BCUT2D eigenvalue weighted by Gasteiger charge is 2.24. The lowest BCUT2D eigenvalue weighted by atomic mass is 9.90. The number of halogens is 1. The van der Waals surface area contributed by atoms with E-state index in [1.165, 1.54) is 5.56 Å². The summed E-state index contributed by atoms with van der Waals surface area (Å²) in [5, 5.41) is 9.60. The minimum atomic E-state index is 0. The van der Waals surface area contributed by atoms with Crippen LogP contribution < -0.4 is 20.7 Å². The van der Waals surface area contributed by atoms with E-state index in [9.17, 15) is 4.79 Å². The topological polar surface area (TPSA) is 74.8 Å². The van der Waals surface area contributed by atoms with E-state index in [0.717, 1.165) is 35.9 Å². The fourth-order valence-corrected chi connectivity index (χ4v) is 3.28. The van der Waals surface area contributed by atoms with Gasteiger partial charge in [-0.25, -0.2) is 0 Å². The van der Waals surface area contributed by atoms with Crippen LogP contribution in [0.2, 0.25) is 0 Å². The number of nitrogens with zero attached hydrogens (tertiary/aromatic N) is 1. The number of rotatable bonds is 6. The number of anilines is 1. The van der Waals surface area contributed by atoms with E-state index in [2.05, 4.69) is 33.1 Å². The largest absolute Gasteiger partial charge is 0.497 e. The van der Waals surface area contributed by atoms with E-state index in [4.69, 9.17) is 4.74 Å². The molecule has 2 aromatic rings. The van der Waals surface area contributed by atoms with Crippen LogP contribution in [0.1, 0.15) is 23.5 Å². The fourth-order valence-electron chi connectivity index (χ4n) is 3.28. The van der Waals surface area contributed by atoms with Gasteiger partial charge < -0.3 is 20.7 Å². The summed E-state index contributed by atoms with van der Waals surface area (Å²) in [7, 11) is 3.43. The molecule has 2 aromatic carbocycles. The minimum Gasteiger partial charge on any atom is -0.497 e. The van der Waals surface area contributed by atoms with Crippen LogP contribution in [-0.2, 0) is 11.2 Å². The van der Waals surface area contributed by atoms with Crippen molar-refractivity contribution in [1.29, 1.82) is 0 Å². The summed E-state index contributed by atoms with van der Waals surface area (Å²) >= 11 is 0.